The van der Waals surface area contributed by atoms with Gasteiger partial charge in [0.1, 0.15) is 11.6 Å². The summed E-state index contributed by atoms with van der Waals surface area (Å²) in [6, 6.07) is 29.5. The summed E-state index contributed by atoms with van der Waals surface area (Å²) in [5, 5.41) is 0. The number of ether oxygens (including phenoxy) is 7. The quantitative estimate of drug-likeness (QED) is 0.0184. The maximum Gasteiger partial charge on any atom is 0.343 e. The van der Waals surface area contributed by atoms with Crippen LogP contribution in [0.15, 0.2) is 115 Å². The van der Waals surface area contributed by atoms with Gasteiger partial charge in [0.15, 0.2) is 52.9 Å². The Kier molecular flexibility index (Phi) is 36.8. The zero-order chi connectivity index (χ0) is 69.2. The molecule has 1 unspecified atom stereocenters. The molecular weight excluding hydrogens is 1190 g/mol. The van der Waals surface area contributed by atoms with Crippen LogP contribution in [0.2, 0.25) is 0 Å². The van der Waals surface area contributed by atoms with Crippen molar-refractivity contribution in [2.45, 2.75) is 190 Å². The van der Waals surface area contributed by atoms with Crippen molar-refractivity contribution >= 4 is 29.7 Å². The van der Waals surface area contributed by atoms with Gasteiger partial charge in [0.25, 0.3) is 0 Å². The van der Waals surface area contributed by atoms with Gasteiger partial charge in [-0.3, -0.25) is 4.79 Å². The number of carbonyl (C=O) groups is 3. The van der Waals surface area contributed by atoms with Crippen LogP contribution in [0, 0.1) is 34.9 Å². The van der Waals surface area contributed by atoms with Crippen LogP contribution in [-0.2, 0) is 28.6 Å². The Morgan fingerprint density at radius 3 is 1.28 bits per heavy atom. The molecule has 506 valence electrons. The van der Waals surface area contributed by atoms with Crippen LogP contribution < -0.4 is 24.7 Å². The summed E-state index contributed by atoms with van der Waals surface area (Å²) in [5.41, 5.74) is 12.3. The standard InChI is InChI=1S/C14H19FO3.C14H19FO.C13H15FO2.C13H19FO.C12H15FO3.C9H12FN/c1-10(2)11-6-7-12(15)13(9-11)18-8-4-5-14(16)17-3;1-10(2)11-7-8-13(15)14(9-11)16-12-5-3-4-6-12;1-9(2)10-4-6-12(14)11(8-10)5-7-13(15)16-3;1-5-10(4)15-13-8-11(9(2)3)6-7-12(13)14;1-8(2)9-4-5-10(13)11(6-9)16-7-12(14)15-3;1-6(2)7-3-4-8(10)9(11)5-7/h6-7,9-10H,4-5,8H2,1-3H3;7-10,12H,3-6H2,1-2H3;4-9H,1-3H3;6-10H,5H2,1-4H3;4-6,8H,7H2,1-3H3;3-6H,11H2,1-2H3/b;;7-5+;;;. The number of anilines is 1. The molecule has 0 aliphatic heterocycles. The molecule has 1 saturated carbocycles. The molecule has 1 aliphatic carbocycles. The zero-order valence-electron chi connectivity index (χ0n) is 57.0. The Bertz CT molecular complexity index is 3210. The topological polar surface area (TPSA) is 142 Å². The van der Waals surface area contributed by atoms with E-state index in [1.165, 1.54) is 82.7 Å². The molecule has 0 aromatic heterocycles. The number of hydrogen-bond acceptors (Lipinski definition) is 11. The van der Waals surface area contributed by atoms with Crippen molar-refractivity contribution < 1.29 is 73.9 Å². The van der Waals surface area contributed by atoms with Crippen LogP contribution in [-0.4, -0.2) is 64.7 Å². The average Bonchev–Trinajstić information content (AvgIpc) is 1.54. The van der Waals surface area contributed by atoms with Crippen molar-refractivity contribution in [2.24, 2.45) is 0 Å². The zero-order valence-corrected chi connectivity index (χ0v) is 57.0. The average molecular weight is 1290 g/mol. The van der Waals surface area contributed by atoms with Gasteiger partial charge in [0, 0.05) is 18.1 Å². The summed E-state index contributed by atoms with van der Waals surface area (Å²) in [4.78, 5) is 32.6. The lowest BCUT2D eigenvalue weighted by Crippen LogP contribution is -2.13. The second-order valence-corrected chi connectivity index (χ2v) is 23.9. The van der Waals surface area contributed by atoms with Crippen LogP contribution in [0.3, 0.4) is 0 Å². The Balaban J connectivity index is 0.000000378. The largest absolute Gasteiger partial charge is 0.490 e. The van der Waals surface area contributed by atoms with E-state index in [1.54, 1.807) is 54.6 Å². The van der Waals surface area contributed by atoms with Crippen molar-refractivity contribution in [3.05, 3.63) is 189 Å². The lowest BCUT2D eigenvalue weighted by atomic mass is 10.0. The molecule has 1 fully saturated rings. The van der Waals surface area contributed by atoms with Gasteiger partial charge < -0.3 is 38.9 Å². The van der Waals surface area contributed by atoms with Crippen LogP contribution in [0.25, 0.3) is 6.08 Å². The fraction of sp³-hybridized carbons (Fsp3) is 0.453. The third-order valence-electron chi connectivity index (χ3n) is 14.5. The Labute approximate surface area is 543 Å². The fourth-order valence-corrected chi connectivity index (χ4v) is 8.30. The number of benzene rings is 6. The molecule has 2 N–H and O–H groups in total. The van der Waals surface area contributed by atoms with Crippen molar-refractivity contribution in [2.75, 3.05) is 40.3 Å². The van der Waals surface area contributed by atoms with Crippen LogP contribution in [0.1, 0.15) is 216 Å². The number of rotatable bonds is 21. The molecule has 0 radical (unpaired) electrons. The van der Waals surface area contributed by atoms with Crippen molar-refractivity contribution in [3.63, 3.8) is 0 Å². The summed E-state index contributed by atoms with van der Waals surface area (Å²) >= 11 is 0. The molecule has 0 spiro atoms. The third-order valence-corrected chi connectivity index (χ3v) is 14.5. The van der Waals surface area contributed by atoms with Gasteiger partial charge in [-0.2, -0.15) is 0 Å². The third kappa shape index (κ3) is 30.0. The Hall–Kier alpha value is -7.95. The number of hydrogen-bond donors (Lipinski definition) is 1. The molecule has 92 heavy (non-hydrogen) atoms. The van der Waals surface area contributed by atoms with Gasteiger partial charge in [0.2, 0.25) is 0 Å². The number of methoxy groups -OCH3 is 3. The lowest BCUT2D eigenvalue weighted by Gasteiger charge is -2.15. The smallest absolute Gasteiger partial charge is 0.343 e. The molecule has 6 aromatic carbocycles. The number of carbonyl (C=O) groups excluding carboxylic acids is 3. The Morgan fingerprint density at radius 2 is 0.859 bits per heavy atom. The first-order valence-electron chi connectivity index (χ1n) is 31.5. The van der Waals surface area contributed by atoms with E-state index in [9.17, 15) is 40.7 Å². The number of halogens is 6. The Morgan fingerprint density at radius 1 is 0.478 bits per heavy atom. The lowest BCUT2D eigenvalue weighted by molar-refractivity contribution is -0.143. The van der Waals surface area contributed by atoms with E-state index < -0.39 is 17.8 Å². The molecule has 11 nitrogen and oxygen atoms in total. The van der Waals surface area contributed by atoms with Crippen molar-refractivity contribution in [1.82, 2.24) is 0 Å². The molecule has 17 heteroatoms. The number of nitrogen functional groups attached to an aromatic ring is 1. The highest BCUT2D eigenvalue weighted by Gasteiger charge is 2.19. The van der Waals surface area contributed by atoms with Gasteiger partial charge in [-0.15, -0.1) is 0 Å². The van der Waals surface area contributed by atoms with Gasteiger partial charge >= 0.3 is 17.9 Å². The van der Waals surface area contributed by atoms with E-state index in [1.807, 2.05) is 87.4 Å². The fourth-order valence-electron chi connectivity index (χ4n) is 8.30. The number of esters is 3. The molecule has 0 amide bonds. The van der Waals surface area contributed by atoms with Crippen LogP contribution in [0.5, 0.6) is 23.0 Å². The van der Waals surface area contributed by atoms with E-state index >= 15 is 0 Å². The van der Waals surface area contributed by atoms with E-state index in [0.717, 1.165) is 52.6 Å². The molecule has 1 atom stereocenters. The summed E-state index contributed by atoms with van der Waals surface area (Å²) in [6.07, 6.45) is 9.11. The summed E-state index contributed by atoms with van der Waals surface area (Å²) in [5.74, 6) is -0.111. The van der Waals surface area contributed by atoms with Gasteiger partial charge in [-0.05, 0) is 193 Å². The van der Waals surface area contributed by atoms with Crippen molar-refractivity contribution in [3.8, 4) is 23.0 Å². The van der Waals surface area contributed by atoms with Gasteiger partial charge in [-0.25, -0.2) is 35.9 Å². The van der Waals surface area contributed by atoms with Crippen LogP contribution >= 0.6 is 0 Å². The first-order valence-corrected chi connectivity index (χ1v) is 31.5. The van der Waals surface area contributed by atoms with E-state index in [-0.39, 0.29) is 83.4 Å². The molecule has 0 heterocycles. The molecular formula is C75H99F6NO10. The van der Waals surface area contributed by atoms with Gasteiger partial charge in [0.05, 0.1) is 45.8 Å². The van der Waals surface area contributed by atoms with Gasteiger partial charge in [-0.1, -0.05) is 126 Å². The first-order chi connectivity index (χ1) is 43.4. The molecule has 0 bridgehead atoms. The SMILES string of the molecule is CC(C)c1ccc(F)c(N)c1.CC(C)c1ccc(F)c(OC2CCCC2)c1.CCC(C)Oc1cc(C(C)C)ccc1F.COC(=O)/C=C/c1cc(C(C)C)ccc1F.COC(=O)CCCOc1cc(C(C)C)ccc1F.COC(=O)COc1cc(C(C)C)ccc1F. The maximum absolute atomic E-state index is 13.6. The molecule has 6 aromatic rings. The van der Waals surface area contributed by atoms with E-state index in [0.29, 0.717) is 59.7 Å². The van der Waals surface area contributed by atoms with E-state index in [4.69, 9.17) is 24.7 Å². The van der Waals surface area contributed by atoms with E-state index in [2.05, 4.69) is 41.9 Å². The second kappa shape index (κ2) is 42.2. The number of nitrogens with two attached hydrogens (primary N) is 1. The van der Waals surface area contributed by atoms with Crippen LogP contribution in [0.4, 0.5) is 32.0 Å². The second-order valence-electron chi connectivity index (χ2n) is 23.9. The minimum Gasteiger partial charge on any atom is -0.490 e. The predicted molar refractivity (Wildman–Crippen MR) is 356 cm³/mol. The minimum atomic E-state index is -0.533. The van der Waals surface area contributed by atoms with Crippen molar-refractivity contribution in [1.29, 1.82) is 0 Å². The summed E-state index contributed by atoms with van der Waals surface area (Å²) in [6.45, 7) is 28.6. The molecule has 7 rings (SSSR count). The summed E-state index contributed by atoms with van der Waals surface area (Å²) in [7, 11) is 3.88. The normalized spacial score (nSPS) is 12.1. The highest BCUT2D eigenvalue weighted by Crippen LogP contribution is 2.31. The molecule has 0 saturated heterocycles. The predicted octanol–water partition coefficient (Wildman–Crippen LogP) is 19.8. The monoisotopic (exact) mass is 1290 g/mol. The highest BCUT2D eigenvalue weighted by molar-refractivity contribution is 5.87. The minimum absolute atomic E-state index is 0.0573. The molecule has 1 aliphatic rings. The maximum atomic E-state index is 13.6. The first kappa shape index (κ1) is 80.1. The summed E-state index contributed by atoms with van der Waals surface area (Å²) < 4.78 is 115. The highest BCUT2D eigenvalue weighted by atomic mass is 19.1.